The van der Waals surface area contributed by atoms with E-state index in [-0.39, 0.29) is 11.3 Å². The molecule has 1 rings (SSSR count). The minimum Gasteiger partial charge on any atom is -0.365 e. The monoisotopic (exact) mass is 282 g/mol. The van der Waals surface area contributed by atoms with E-state index in [1.54, 1.807) is 0 Å². The summed E-state index contributed by atoms with van der Waals surface area (Å²) in [7, 11) is 0. The van der Waals surface area contributed by atoms with Crippen LogP contribution < -0.4 is 0 Å². The number of amides is 1. The molecule has 1 aliphatic heterocycles. The van der Waals surface area contributed by atoms with E-state index in [9.17, 15) is 4.79 Å². The van der Waals surface area contributed by atoms with Crippen molar-refractivity contribution in [2.45, 2.75) is 91.1 Å². The van der Waals surface area contributed by atoms with Crippen molar-refractivity contribution in [1.29, 1.82) is 0 Å². The average Bonchev–Trinajstić information content (AvgIpc) is 2.88. The lowest BCUT2D eigenvalue weighted by atomic mass is 9.76. The maximum Gasteiger partial charge on any atom is 0.311 e. The van der Waals surface area contributed by atoms with E-state index in [1.807, 2.05) is 0 Å². The van der Waals surface area contributed by atoms with Gasteiger partial charge in [0.2, 0.25) is 6.10 Å². The Morgan fingerprint density at radius 2 is 1.65 bits per heavy atom. The third-order valence-corrected chi connectivity index (χ3v) is 4.56. The summed E-state index contributed by atoms with van der Waals surface area (Å²) in [5.74, 6) is -0.214. The van der Waals surface area contributed by atoms with Crippen LogP contribution in [0.4, 0.5) is 0 Å². The highest BCUT2D eigenvalue weighted by Crippen LogP contribution is 2.37. The standard InChI is InChI=1S/C16H30N2O2/c1-4-6-7-8-9-10-11-12-13-16(3,5-2)14-15(19)17-18-20-14/h14H,4-13H2,1-3H3. The van der Waals surface area contributed by atoms with Crippen LogP contribution in [0, 0.1) is 5.41 Å². The number of hydrogen-bond donors (Lipinski definition) is 0. The molecule has 4 heteroatoms. The van der Waals surface area contributed by atoms with E-state index in [2.05, 4.69) is 31.2 Å². The molecule has 0 N–H and O–H groups in total. The Morgan fingerprint density at radius 3 is 2.15 bits per heavy atom. The lowest BCUT2D eigenvalue weighted by Gasteiger charge is -2.30. The first-order chi connectivity index (χ1) is 9.64. The molecule has 0 spiro atoms. The Kier molecular flexibility index (Phi) is 7.78. The largest absolute Gasteiger partial charge is 0.365 e. The van der Waals surface area contributed by atoms with Gasteiger partial charge < -0.3 is 4.84 Å². The fourth-order valence-electron chi connectivity index (χ4n) is 2.79. The molecule has 0 aliphatic carbocycles. The zero-order valence-corrected chi connectivity index (χ0v) is 13.4. The summed E-state index contributed by atoms with van der Waals surface area (Å²) in [5.41, 5.74) is -0.122. The second kappa shape index (κ2) is 9.09. The summed E-state index contributed by atoms with van der Waals surface area (Å²) in [5, 5.41) is 6.90. The number of carbonyl (C=O) groups is 1. The molecule has 0 radical (unpaired) electrons. The van der Waals surface area contributed by atoms with Crippen molar-refractivity contribution in [3.05, 3.63) is 0 Å². The molecule has 116 valence electrons. The zero-order valence-electron chi connectivity index (χ0n) is 13.4. The smallest absolute Gasteiger partial charge is 0.311 e. The SMILES string of the molecule is CCCCCCCCCCC(C)(CC)C1ON=NC1=O. The number of hydrogen-bond acceptors (Lipinski definition) is 3. The van der Waals surface area contributed by atoms with Crippen molar-refractivity contribution < 1.29 is 9.63 Å². The Labute approximate surface area is 123 Å². The second-order valence-electron chi connectivity index (χ2n) is 6.24. The molecule has 0 aromatic heterocycles. The van der Waals surface area contributed by atoms with E-state index in [1.165, 1.54) is 44.9 Å². The van der Waals surface area contributed by atoms with E-state index >= 15 is 0 Å². The Morgan fingerprint density at radius 1 is 1.05 bits per heavy atom. The quantitative estimate of drug-likeness (QED) is 0.487. The highest BCUT2D eigenvalue weighted by Gasteiger charge is 2.42. The maximum atomic E-state index is 11.6. The van der Waals surface area contributed by atoms with Crippen molar-refractivity contribution >= 4 is 5.91 Å². The van der Waals surface area contributed by atoms with Gasteiger partial charge in [0.1, 0.15) is 0 Å². The van der Waals surface area contributed by atoms with Crippen LogP contribution in [0.1, 0.15) is 85.0 Å². The summed E-state index contributed by atoms with van der Waals surface area (Å²) in [6, 6.07) is 0. The van der Waals surface area contributed by atoms with Crippen LogP contribution in [0.3, 0.4) is 0 Å². The van der Waals surface area contributed by atoms with Crippen LogP contribution in [0.5, 0.6) is 0 Å². The summed E-state index contributed by atoms with van der Waals surface area (Å²) in [4.78, 5) is 16.8. The van der Waals surface area contributed by atoms with Crippen molar-refractivity contribution in [1.82, 2.24) is 0 Å². The van der Waals surface area contributed by atoms with Gasteiger partial charge in [0.05, 0.1) is 0 Å². The van der Waals surface area contributed by atoms with Gasteiger partial charge in [-0.15, -0.1) is 0 Å². The molecular weight excluding hydrogens is 252 g/mol. The molecule has 4 nitrogen and oxygen atoms in total. The molecular formula is C16H30N2O2. The first-order valence-corrected chi connectivity index (χ1v) is 8.24. The van der Waals surface area contributed by atoms with Gasteiger partial charge in [0.25, 0.3) is 0 Å². The van der Waals surface area contributed by atoms with E-state index in [0.29, 0.717) is 0 Å². The van der Waals surface area contributed by atoms with Gasteiger partial charge in [-0.25, -0.2) is 0 Å². The molecule has 0 saturated carbocycles. The fourth-order valence-corrected chi connectivity index (χ4v) is 2.79. The van der Waals surface area contributed by atoms with E-state index in [0.717, 1.165) is 19.3 Å². The normalized spacial score (nSPS) is 20.9. The zero-order chi connectivity index (χ0) is 14.8. The maximum absolute atomic E-state index is 11.6. The summed E-state index contributed by atoms with van der Waals surface area (Å²) in [6.45, 7) is 6.48. The molecule has 1 amide bonds. The van der Waals surface area contributed by atoms with E-state index < -0.39 is 6.10 Å². The third-order valence-electron chi connectivity index (χ3n) is 4.56. The summed E-state index contributed by atoms with van der Waals surface area (Å²) >= 11 is 0. The molecule has 0 saturated heterocycles. The lowest BCUT2D eigenvalue weighted by Crippen LogP contribution is -2.36. The predicted molar refractivity (Wildman–Crippen MR) is 80.4 cm³/mol. The average molecular weight is 282 g/mol. The van der Waals surface area contributed by atoms with Crippen LogP contribution in [0.15, 0.2) is 10.4 Å². The number of nitrogens with zero attached hydrogens (tertiary/aromatic N) is 2. The summed E-state index contributed by atoms with van der Waals surface area (Å²) in [6.07, 6.45) is 11.9. The topological polar surface area (TPSA) is 51.0 Å². The summed E-state index contributed by atoms with van der Waals surface area (Å²) < 4.78 is 0. The van der Waals surface area contributed by atoms with Gasteiger partial charge in [-0.1, -0.05) is 77.3 Å². The molecule has 20 heavy (non-hydrogen) atoms. The van der Waals surface area contributed by atoms with Gasteiger partial charge in [-0.2, -0.15) is 0 Å². The van der Waals surface area contributed by atoms with Crippen molar-refractivity contribution in [3.63, 3.8) is 0 Å². The van der Waals surface area contributed by atoms with E-state index in [4.69, 9.17) is 4.84 Å². The van der Waals surface area contributed by atoms with Crippen LogP contribution in [-0.4, -0.2) is 12.0 Å². The molecule has 1 aliphatic rings. The Hall–Kier alpha value is -0.930. The Balaban J connectivity index is 2.16. The fraction of sp³-hybridized carbons (Fsp3) is 0.938. The molecule has 2 atom stereocenters. The van der Waals surface area contributed by atoms with Crippen LogP contribution in [-0.2, 0) is 9.63 Å². The van der Waals surface area contributed by atoms with Crippen LogP contribution in [0.25, 0.3) is 0 Å². The lowest BCUT2D eigenvalue weighted by molar-refractivity contribution is -0.131. The molecule has 1 heterocycles. The molecule has 0 aromatic carbocycles. The molecule has 0 aromatic rings. The highest BCUT2D eigenvalue weighted by molar-refractivity contribution is 5.82. The number of unbranched alkanes of at least 4 members (excludes halogenated alkanes) is 7. The van der Waals surface area contributed by atoms with Crippen molar-refractivity contribution in [2.24, 2.45) is 15.8 Å². The second-order valence-corrected chi connectivity index (χ2v) is 6.24. The Bertz CT molecular complexity index is 318. The number of carbonyl (C=O) groups excluding carboxylic acids is 1. The predicted octanol–water partition coefficient (Wildman–Crippen LogP) is 5.23. The van der Waals surface area contributed by atoms with Crippen molar-refractivity contribution in [3.8, 4) is 0 Å². The van der Waals surface area contributed by atoms with Gasteiger partial charge in [0, 0.05) is 10.7 Å². The van der Waals surface area contributed by atoms with Gasteiger partial charge in [0.15, 0.2) is 0 Å². The van der Waals surface area contributed by atoms with Gasteiger partial charge >= 0.3 is 5.91 Å². The molecule has 0 fully saturated rings. The molecule has 2 unspecified atom stereocenters. The highest BCUT2D eigenvalue weighted by atomic mass is 16.7. The van der Waals surface area contributed by atoms with Crippen LogP contribution in [0.2, 0.25) is 0 Å². The first kappa shape index (κ1) is 17.1. The minimum atomic E-state index is -0.461. The molecule has 0 bridgehead atoms. The van der Waals surface area contributed by atoms with Gasteiger partial charge in [-0.05, 0) is 12.8 Å². The third kappa shape index (κ3) is 5.22. The minimum absolute atomic E-state index is 0.122. The van der Waals surface area contributed by atoms with Crippen molar-refractivity contribution in [2.75, 3.05) is 0 Å². The van der Waals surface area contributed by atoms with Crippen LogP contribution >= 0.6 is 0 Å². The number of rotatable bonds is 11. The first-order valence-electron chi connectivity index (χ1n) is 8.24. The van der Waals surface area contributed by atoms with Gasteiger partial charge in [-0.3, -0.25) is 4.79 Å².